The highest BCUT2D eigenvalue weighted by Gasteiger charge is 2.13. The van der Waals surface area contributed by atoms with Crippen LogP contribution in [0.1, 0.15) is 51.0 Å². The van der Waals surface area contributed by atoms with Gasteiger partial charge in [-0.2, -0.15) is 0 Å². The Morgan fingerprint density at radius 3 is 2.43 bits per heavy atom. The van der Waals surface area contributed by atoms with E-state index < -0.39 is 0 Å². The predicted octanol–water partition coefficient (Wildman–Crippen LogP) is 7.00. The SMILES string of the molecule is CCCCCC(CCC(=O)Nc1cccc2ccccc12)Cc1ccccc1. The average molecular weight is 374 g/mol. The van der Waals surface area contributed by atoms with Crippen LogP contribution in [0.2, 0.25) is 0 Å². The molecule has 0 radical (unpaired) electrons. The lowest BCUT2D eigenvalue weighted by Crippen LogP contribution is -2.15. The number of fused-ring (bicyclic) bond motifs is 1. The van der Waals surface area contributed by atoms with Crippen LogP contribution >= 0.6 is 0 Å². The van der Waals surface area contributed by atoms with Crippen molar-refractivity contribution in [2.24, 2.45) is 5.92 Å². The first kappa shape index (κ1) is 20.1. The van der Waals surface area contributed by atoms with Gasteiger partial charge in [-0.3, -0.25) is 4.79 Å². The second-order valence-electron chi connectivity index (χ2n) is 7.67. The van der Waals surface area contributed by atoms with Crippen LogP contribution in [0.25, 0.3) is 10.8 Å². The molecule has 2 nitrogen and oxygen atoms in total. The molecular formula is C26H31NO. The summed E-state index contributed by atoms with van der Waals surface area (Å²) in [6.07, 6.45) is 7.53. The summed E-state index contributed by atoms with van der Waals surface area (Å²) in [5.74, 6) is 0.678. The van der Waals surface area contributed by atoms with Gasteiger partial charge < -0.3 is 5.32 Å². The molecule has 3 aromatic carbocycles. The van der Waals surface area contributed by atoms with Crippen LogP contribution in [-0.2, 0) is 11.2 Å². The summed E-state index contributed by atoms with van der Waals surface area (Å²) in [4.78, 5) is 12.6. The van der Waals surface area contributed by atoms with Crippen molar-refractivity contribution in [3.63, 3.8) is 0 Å². The van der Waals surface area contributed by atoms with E-state index in [1.165, 1.54) is 31.2 Å². The zero-order valence-corrected chi connectivity index (χ0v) is 16.9. The van der Waals surface area contributed by atoms with Crippen molar-refractivity contribution in [1.29, 1.82) is 0 Å². The maximum Gasteiger partial charge on any atom is 0.224 e. The Hall–Kier alpha value is -2.61. The molecule has 0 aliphatic rings. The van der Waals surface area contributed by atoms with Crippen LogP contribution in [0.3, 0.4) is 0 Å². The number of amides is 1. The van der Waals surface area contributed by atoms with Crippen LogP contribution in [0.15, 0.2) is 72.8 Å². The molecule has 0 aliphatic carbocycles. The summed E-state index contributed by atoms with van der Waals surface area (Å²) < 4.78 is 0. The Kier molecular flexibility index (Phi) is 7.66. The van der Waals surface area contributed by atoms with E-state index in [1.807, 2.05) is 24.3 Å². The van der Waals surface area contributed by atoms with Gasteiger partial charge in [0.1, 0.15) is 0 Å². The first-order valence-electron chi connectivity index (χ1n) is 10.6. The van der Waals surface area contributed by atoms with E-state index >= 15 is 0 Å². The third-order valence-electron chi connectivity index (χ3n) is 5.43. The third-order valence-corrected chi connectivity index (χ3v) is 5.43. The van der Waals surface area contributed by atoms with Gasteiger partial charge in [-0.05, 0) is 35.8 Å². The van der Waals surface area contributed by atoms with E-state index in [9.17, 15) is 4.79 Å². The lowest BCUT2D eigenvalue weighted by molar-refractivity contribution is -0.116. The Morgan fingerprint density at radius 2 is 1.61 bits per heavy atom. The number of unbranched alkanes of at least 4 members (excludes halogenated alkanes) is 2. The van der Waals surface area contributed by atoms with Crippen molar-refractivity contribution < 1.29 is 4.79 Å². The maximum atomic E-state index is 12.6. The Bertz CT molecular complexity index is 866. The second-order valence-corrected chi connectivity index (χ2v) is 7.67. The fourth-order valence-corrected chi connectivity index (χ4v) is 3.86. The van der Waals surface area contributed by atoms with E-state index in [2.05, 4.69) is 60.8 Å². The van der Waals surface area contributed by atoms with Gasteiger partial charge in [0.2, 0.25) is 5.91 Å². The molecule has 28 heavy (non-hydrogen) atoms. The second kappa shape index (κ2) is 10.7. The number of rotatable bonds is 10. The Morgan fingerprint density at radius 1 is 0.857 bits per heavy atom. The number of hydrogen-bond acceptors (Lipinski definition) is 1. The van der Waals surface area contributed by atoms with E-state index in [4.69, 9.17) is 0 Å². The first-order valence-corrected chi connectivity index (χ1v) is 10.6. The lowest BCUT2D eigenvalue weighted by Gasteiger charge is -2.17. The van der Waals surface area contributed by atoms with Gasteiger partial charge in [-0.15, -0.1) is 0 Å². The fourth-order valence-electron chi connectivity index (χ4n) is 3.86. The van der Waals surface area contributed by atoms with Gasteiger partial charge in [-0.1, -0.05) is 99.3 Å². The summed E-state index contributed by atoms with van der Waals surface area (Å²) in [6, 6.07) is 24.9. The summed E-state index contributed by atoms with van der Waals surface area (Å²) in [5, 5.41) is 5.39. The molecule has 1 unspecified atom stereocenters. The number of carbonyl (C=O) groups is 1. The zero-order chi connectivity index (χ0) is 19.6. The highest BCUT2D eigenvalue weighted by Crippen LogP contribution is 2.24. The van der Waals surface area contributed by atoms with Crippen molar-refractivity contribution >= 4 is 22.4 Å². The molecule has 2 heteroatoms. The Labute approximate surface area is 169 Å². The van der Waals surface area contributed by atoms with Crippen LogP contribution in [0, 0.1) is 5.92 Å². The van der Waals surface area contributed by atoms with Crippen LogP contribution in [0.5, 0.6) is 0 Å². The molecule has 1 amide bonds. The fraction of sp³-hybridized carbons (Fsp3) is 0.346. The smallest absolute Gasteiger partial charge is 0.224 e. The van der Waals surface area contributed by atoms with Crippen LogP contribution < -0.4 is 5.32 Å². The molecular weight excluding hydrogens is 342 g/mol. The maximum absolute atomic E-state index is 12.6. The molecule has 0 heterocycles. The topological polar surface area (TPSA) is 29.1 Å². The molecule has 0 fully saturated rings. The minimum atomic E-state index is 0.116. The van der Waals surface area contributed by atoms with Gasteiger partial charge in [0.15, 0.2) is 0 Å². The lowest BCUT2D eigenvalue weighted by atomic mass is 9.89. The van der Waals surface area contributed by atoms with Crippen LogP contribution in [-0.4, -0.2) is 5.91 Å². The molecule has 0 aliphatic heterocycles. The van der Waals surface area contributed by atoms with Gasteiger partial charge >= 0.3 is 0 Å². The third kappa shape index (κ3) is 5.95. The molecule has 0 bridgehead atoms. The van der Waals surface area contributed by atoms with Crippen molar-refractivity contribution in [3.8, 4) is 0 Å². The van der Waals surface area contributed by atoms with Gasteiger partial charge in [0, 0.05) is 17.5 Å². The molecule has 0 aromatic heterocycles. The number of nitrogens with one attached hydrogen (secondary N) is 1. The van der Waals surface area contributed by atoms with Crippen molar-refractivity contribution in [1.82, 2.24) is 0 Å². The quantitative estimate of drug-likeness (QED) is 0.381. The van der Waals surface area contributed by atoms with E-state index in [0.29, 0.717) is 12.3 Å². The minimum Gasteiger partial charge on any atom is -0.326 e. The average Bonchev–Trinajstić information content (AvgIpc) is 2.73. The summed E-state index contributed by atoms with van der Waals surface area (Å²) in [7, 11) is 0. The number of benzene rings is 3. The number of carbonyl (C=O) groups excluding carboxylic acids is 1. The van der Waals surface area contributed by atoms with Crippen molar-refractivity contribution in [2.45, 2.75) is 51.9 Å². The minimum absolute atomic E-state index is 0.116. The first-order chi connectivity index (χ1) is 13.8. The highest BCUT2D eigenvalue weighted by molar-refractivity contribution is 6.02. The predicted molar refractivity (Wildman–Crippen MR) is 120 cm³/mol. The summed E-state index contributed by atoms with van der Waals surface area (Å²) in [6.45, 7) is 2.24. The molecule has 3 rings (SSSR count). The summed E-state index contributed by atoms with van der Waals surface area (Å²) in [5.41, 5.74) is 2.28. The molecule has 1 atom stereocenters. The van der Waals surface area contributed by atoms with Gasteiger partial charge in [0.25, 0.3) is 0 Å². The molecule has 0 saturated carbocycles. The van der Waals surface area contributed by atoms with E-state index in [0.717, 1.165) is 29.3 Å². The van der Waals surface area contributed by atoms with Gasteiger partial charge in [-0.25, -0.2) is 0 Å². The van der Waals surface area contributed by atoms with E-state index in [-0.39, 0.29) is 5.91 Å². The molecule has 0 spiro atoms. The van der Waals surface area contributed by atoms with Crippen LogP contribution in [0.4, 0.5) is 5.69 Å². The normalized spacial score (nSPS) is 12.0. The number of anilines is 1. The summed E-state index contributed by atoms with van der Waals surface area (Å²) >= 11 is 0. The number of hydrogen-bond donors (Lipinski definition) is 1. The standard InChI is InChI=1S/C26H31NO/c1-2-3-5-11-22(20-21-12-6-4-7-13-21)18-19-26(28)27-25-17-10-15-23-14-8-9-16-24(23)25/h4,6-10,12-17,22H,2-3,5,11,18-20H2,1H3,(H,27,28). The largest absolute Gasteiger partial charge is 0.326 e. The van der Waals surface area contributed by atoms with Crippen molar-refractivity contribution in [3.05, 3.63) is 78.4 Å². The Balaban J connectivity index is 1.59. The van der Waals surface area contributed by atoms with E-state index in [1.54, 1.807) is 0 Å². The molecule has 146 valence electrons. The molecule has 0 saturated heterocycles. The highest BCUT2D eigenvalue weighted by atomic mass is 16.1. The molecule has 3 aromatic rings. The molecule has 1 N–H and O–H groups in total. The van der Waals surface area contributed by atoms with Crippen molar-refractivity contribution in [2.75, 3.05) is 5.32 Å². The monoisotopic (exact) mass is 373 g/mol. The van der Waals surface area contributed by atoms with Gasteiger partial charge in [0.05, 0.1) is 0 Å². The zero-order valence-electron chi connectivity index (χ0n) is 16.9.